The number of rotatable bonds is 8. The fourth-order valence-electron chi connectivity index (χ4n) is 18.7. The Balaban J connectivity index is 0.000000103. The van der Waals surface area contributed by atoms with E-state index in [0.717, 1.165) is 156 Å². The first-order valence-corrected chi connectivity index (χ1v) is 42.1. The van der Waals surface area contributed by atoms with Crippen LogP contribution in [-0.2, 0) is 0 Å². The van der Waals surface area contributed by atoms with E-state index in [0.29, 0.717) is 23.2 Å². The molecule has 5 atom stereocenters. The molecule has 0 amide bonds. The standard InChI is InChI=1S/2C22H22N4O.C21H19N3O.C19H21N3O.C17H17N3O/c2*1-13(2)25-15(4)26(22-21(25)23-11-12-24-22)19-14(3)9-10-17-16-7-5-6-8-18(16)27-20(17)19;1-13-10-11-15-16-7-6-12-22-21(16)25-20(15)19(13)24-14(2)23(3)17-8-4-5-9-18(17)24;1-12(2)21-10-11-22(14(21)4)17-13(3)7-8-15-16-6-5-9-20-19(16)23-18(15)17;1-11-6-7-13-14-5-4-8-18-17(14)21-16(13)15(11)20-10-9-19(3)12(20)2/h2*5-13,15H,1-4H3;4-12,14H,1-3H3;5-12,14H,1-4H3;4-10,12H,1-3H3/t2*15-;2*14-;12-/m00000/s1/i2*13D;;;. The van der Waals surface area contributed by atoms with Gasteiger partial charge in [-0.25, -0.2) is 34.9 Å². The number of nitrogens with zero attached hydrogens (tertiary/aromatic N) is 17. The monoisotopic (exact) mass is 1630 g/mol. The summed E-state index contributed by atoms with van der Waals surface area (Å²) in [5, 5.41) is 10.9. The third kappa shape index (κ3) is 13.0. The third-order valence-electron chi connectivity index (χ3n) is 24.9. The summed E-state index contributed by atoms with van der Waals surface area (Å²) in [6, 6.07) is 56.9. The summed E-state index contributed by atoms with van der Waals surface area (Å²) in [5.41, 5.74) is 21.8. The Hall–Kier alpha value is -14.2. The number of hydrogen-bond acceptors (Lipinski definition) is 22. The molecule has 5 aliphatic heterocycles. The second kappa shape index (κ2) is 31.1. The van der Waals surface area contributed by atoms with E-state index in [4.69, 9.17) is 24.8 Å². The number of aromatic nitrogens is 7. The lowest BCUT2D eigenvalue weighted by molar-refractivity contribution is 0.263. The van der Waals surface area contributed by atoms with Crippen LogP contribution in [0.4, 0.5) is 63.1 Å². The smallest absolute Gasteiger partial charge is 0.227 e. The normalized spacial score (nSPS) is 17.7. The van der Waals surface area contributed by atoms with E-state index < -0.39 is 12.0 Å². The van der Waals surface area contributed by atoms with Gasteiger partial charge in [0.05, 0.1) is 42.6 Å². The van der Waals surface area contributed by atoms with Crippen LogP contribution in [-0.4, -0.2) is 108 Å². The maximum absolute atomic E-state index is 8.66. The summed E-state index contributed by atoms with van der Waals surface area (Å²) in [6.07, 6.45) is 21.1. The summed E-state index contributed by atoms with van der Waals surface area (Å²) in [7, 11) is 4.22. The summed E-state index contributed by atoms with van der Waals surface area (Å²) >= 11 is 0. The molecule has 620 valence electrons. The number of anilines is 11. The molecule has 5 aliphatic rings. The fraction of sp³-hybridized carbons (Fsp3) is 0.257. The number of furan rings is 5. The maximum atomic E-state index is 8.66. The molecule has 0 aliphatic carbocycles. The molecule has 0 bridgehead atoms. The lowest BCUT2D eigenvalue weighted by Gasteiger charge is -2.33. The molecule has 22 nitrogen and oxygen atoms in total. The minimum atomic E-state index is -0.839. The highest BCUT2D eigenvalue weighted by atomic mass is 16.4. The number of fused-ring (bicyclic) bond motifs is 18. The van der Waals surface area contributed by atoms with Crippen molar-refractivity contribution in [1.29, 1.82) is 0 Å². The predicted molar refractivity (Wildman–Crippen MR) is 502 cm³/mol. The van der Waals surface area contributed by atoms with Crippen LogP contribution in [0.3, 0.4) is 0 Å². The van der Waals surface area contributed by atoms with Crippen LogP contribution in [0.1, 0.15) is 107 Å². The molecule has 0 radical (unpaired) electrons. The van der Waals surface area contributed by atoms with Gasteiger partial charge in [0.25, 0.3) is 0 Å². The first-order chi connectivity index (χ1) is 60.2. The summed E-state index contributed by atoms with van der Waals surface area (Å²) in [5.74, 6) is 2.96. The minimum absolute atomic E-state index is 0.123. The van der Waals surface area contributed by atoms with Crippen molar-refractivity contribution in [2.45, 2.75) is 160 Å². The summed E-state index contributed by atoms with van der Waals surface area (Å²) in [4.78, 5) is 53.5. The van der Waals surface area contributed by atoms with Crippen LogP contribution in [0.25, 0.3) is 110 Å². The van der Waals surface area contributed by atoms with E-state index in [9.17, 15) is 0 Å². The average molecular weight is 1640 g/mol. The van der Waals surface area contributed by atoms with Gasteiger partial charge in [-0.15, -0.1) is 0 Å². The number of benzene rings is 8. The number of para-hydroxylation sites is 4. The first kappa shape index (κ1) is 76.3. The fourth-order valence-corrected chi connectivity index (χ4v) is 18.7. The van der Waals surface area contributed by atoms with E-state index in [1.165, 1.54) is 28.1 Å². The number of pyridine rings is 3. The Morgan fingerprint density at radius 3 is 1.04 bits per heavy atom. The Kier molecular flexibility index (Phi) is 19.3. The zero-order valence-electron chi connectivity index (χ0n) is 74.6. The van der Waals surface area contributed by atoms with E-state index in [1.807, 2.05) is 92.1 Å². The molecule has 23 rings (SSSR count). The van der Waals surface area contributed by atoms with E-state index in [2.05, 4.69) is 311 Å². The SMILES string of the molecule is Cc1ccc2c(oc3ncccc32)c1N1C=CN(C(C)C)[C@@H]1C.Cc1ccc2c(oc3ncccc32)c1N1C=CN(C)[C@@H]1C.Cc1ccc2c(oc3ncccc32)c1N1c2ccccc2N(C)[C@@H]1C.[2H]C(C)(C)N1c2nccnc2N(c2c(C)ccc3c2oc2ccccc23)[C@H]1C.[2H]C(C)(C)N1c2nccnc2N(c2c(C)ccc3c2oc2ccccc23)[C@H]1C. The van der Waals surface area contributed by atoms with Gasteiger partial charge in [0, 0.05) is 154 Å². The van der Waals surface area contributed by atoms with Crippen LogP contribution < -0.4 is 39.2 Å². The Bertz CT molecular complexity index is 7110. The molecule has 0 spiro atoms. The highest BCUT2D eigenvalue weighted by Crippen LogP contribution is 2.52. The van der Waals surface area contributed by atoms with Crippen LogP contribution in [0.5, 0.6) is 0 Å². The molecule has 0 unspecified atom stereocenters. The van der Waals surface area contributed by atoms with Crippen molar-refractivity contribution in [3.63, 3.8) is 0 Å². The summed E-state index contributed by atoms with van der Waals surface area (Å²) in [6.45, 7) is 33.3. The van der Waals surface area contributed by atoms with Gasteiger partial charge < -0.3 is 61.3 Å². The van der Waals surface area contributed by atoms with Crippen LogP contribution >= 0.6 is 0 Å². The molecular formula is C101H101N17O5. The van der Waals surface area contributed by atoms with Crippen molar-refractivity contribution in [3.8, 4) is 0 Å². The highest BCUT2D eigenvalue weighted by Gasteiger charge is 2.43. The van der Waals surface area contributed by atoms with Gasteiger partial charge in [0.15, 0.2) is 51.2 Å². The second-order valence-electron chi connectivity index (χ2n) is 33.1. The van der Waals surface area contributed by atoms with Crippen LogP contribution in [0.2, 0.25) is 0 Å². The van der Waals surface area contributed by atoms with Crippen molar-refractivity contribution < 1.29 is 24.8 Å². The molecule has 10 aromatic heterocycles. The van der Waals surface area contributed by atoms with E-state index in [1.54, 1.807) is 43.4 Å². The molecule has 123 heavy (non-hydrogen) atoms. The molecule has 15 heterocycles. The molecule has 22 heteroatoms. The van der Waals surface area contributed by atoms with Gasteiger partial charge in [-0.1, -0.05) is 109 Å². The van der Waals surface area contributed by atoms with Crippen LogP contribution in [0, 0.1) is 34.6 Å². The molecule has 0 saturated heterocycles. The van der Waals surface area contributed by atoms with Crippen molar-refractivity contribution in [2.75, 3.05) is 53.3 Å². The predicted octanol–water partition coefficient (Wildman–Crippen LogP) is 24.5. The molecule has 8 aromatic carbocycles. The van der Waals surface area contributed by atoms with Crippen molar-refractivity contribution in [3.05, 3.63) is 266 Å². The van der Waals surface area contributed by atoms with Gasteiger partial charge in [0.2, 0.25) is 17.1 Å². The molecule has 0 N–H and O–H groups in total. The number of aryl methyl sites for hydroxylation is 5. The van der Waals surface area contributed by atoms with E-state index >= 15 is 0 Å². The topological polar surface area (TPSA) is 188 Å². The van der Waals surface area contributed by atoms with Gasteiger partial charge in [-0.2, -0.15) is 0 Å². The van der Waals surface area contributed by atoms with Crippen molar-refractivity contribution in [1.82, 2.24) is 44.7 Å². The Labute approximate surface area is 717 Å². The highest BCUT2D eigenvalue weighted by molar-refractivity contribution is 6.14. The summed E-state index contributed by atoms with van der Waals surface area (Å²) < 4.78 is 48.3. The molecule has 18 aromatic rings. The average Bonchev–Trinajstić information content (AvgIpc) is 1.58. The van der Waals surface area contributed by atoms with Gasteiger partial charge in [-0.05, 0) is 199 Å². The van der Waals surface area contributed by atoms with E-state index in [-0.39, 0.29) is 30.8 Å². The largest absolute Gasteiger partial charge is 0.454 e. The van der Waals surface area contributed by atoms with Gasteiger partial charge in [0.1, 0.15) is 42.0 Å². The lowest BCUT2D eigenvalue weighted by Crippen LogP contribution is -2.42. The lowest BCUT2D eigenvalue weighted by atomic mass is 10.1. The Morgan fingerprint density at radius 2 is 0.642 bits per heavy atom. The van der Waals surface area contributed by atoms with Crippen molar-refractivity contribution in [2.24, 2.45) is 0 Å². The zero-order chi connectivity index (χ0) is 87.1. The third-order valence-corrected chi connectivity index (χ3v) is 24.9. The number of hydrogen-bond donors (Lipinski definition) is 0. The first-order valence-electron chi connectivity index (χ1n) is 43.1. The maximum Gasteiger partial charge on any atom is 0.227 e. The zero-order valence-corrected chi connectivity index (χ0v) is 72.6. The van der Waals surface area contributed by atoms with Gasteiger partial charge >= 0.3 is 0 Å². The molecular weight excluding hydrogens is 1530 g/mol. The molecule has 0 fully saturated rings. The van der Waals surface area contributed by atoms with Gasteiger partial charge in [-0.3, -0.25) is 9.80 Å². The van der Waals surface area contributed by atoms with Crippen LogP contribution in [0.15, 0.2) is 260 Å². The Morgan fingerprint density at radius 1 is 0.301 bits per heavy atom. The van der Waals surface area contributed by atoms with Crippen molar-refractivity contribution >= 4 is 173 Å². The quantitative estimate of drug-likeness (QED) is 0.140. The molecule has 0 saturated carbocycles. The minimum Gasteiger partial charge on any atom is -0.454 e. The second-order valence-corrected chi connectivity index (χ2v) is 33.1.